The Morgan fingerprint density at radius 2 is 1.43 bits per heavy atom. The Kier molecular flexibility index (Phi) is 2.70. The number of carbonyl (C=O) groups is 2. The Labute approximate surface area is 83.9 Å². The highest BCUT2D eigenvalue weighted by Crippen LogP contribution is 2.13. The van der Waals surface area contributed by atoms with E-state index in [0.29, 0.717) is 25.9 Å². The van der Waals surface area contributed by atoms with Gasteiger partial charge in [-0.05, 0) is 12.8 Å². The fourth-order valence-corrected chi connectivity index (χ4v) is 2.06. The summed E-state index contributed by atoms with van der Waals surface area (Å²) in [6.07, 6.45) is 3.33. The Hall–Kier alpha value is -1.06. The van der Waals surface area contributed by atoms with Gasteiger partial charge in [0, 0.05) is 39.0 Å². The maximum atomic E-state index is 11.8. The van der Waals surface area contributed by atoms with E-state index in [0.717, 1.165) is 25.9 Å². The fraction of sp³-hybridized carbons (Fsp3) is 0.800. The number of likely N-dealkylation sites (tertiary alicyclic amines) is 2. The quantitative estimate of drug-likeness (QED) is 0.576. The molecular formula is C10H16N2O2. The Bertz CT molecular complexity index is 237. The van der Waals surface area contributed by atoms with Crippen LogP contribution < -0.4 is 0 Å². The van der Waals surface area contributed by atoms with E-state index in [1.54, 1.807) is 0 Å². The number of hydrogen-bond donors (Lipinski definition) is 0. The zero-order valence-electron chi connectivity index (χ0n) is 8.37. The molecule has 2 rings (SSSR count). The van der Waals surface area contributed by atoms with E-state index in [-0.39, 0.29) is 11.8 Å². The van der Waals surface area contributed by atoms with E-state index < -0.39 is 0 Å². The molecule has 0 saturated carbocycles. The summed E-state index contributed by atoms with van der Waals surface area (Å²) in [5.41, 5.74) is 0. The predicted octanol–water partition coefficient (Wildman–Crippen LogP) is 0.867. The summed E-state index contributed by atoms with van der Waals surface area (Å²) in [5.74, 6) is 0.287. The maximum absolute atomic E-state index is 11.8. The van der Waals surface area contributed by atoms with Crippen LogP contribution in [-0.4, -0.2) is 47.8 Å². The Morgan fingerprint density at radius 3 is 2.00 bits per heavy atom. The third-order valence-corrected chi connectivity index (χ3v) is 2.97. The van der Waals surface area contributed by atoms with Crippen molar-refractivity contribution in [3.05, 3.63) is 0 Å². The number of carbonyl (C=O) groups excluding carboxylic acids is 2. The minimum atomic E-state index is 0.134. The van der Waals surface area contributed by atoms with Crippen LogP contribution in [0.1, 0.15) is 25.7 Å². The minimum absolute atomic E-state index is 0.134. The smallest absolute Gasteiger partial charge is 0.320 e. The molecule has 0 N–H and O–H groups in total. The van der Waals surface area contributed by atoms with Crippen molar-refractivity contribution in [1.82, 2.24) is 9.80 Å². The van der Waals surface area contributed by atoms with Crippen LogP contribution in [0.2, 0.25) is 0 Å². The lowest BCUT2D eigenvalue weighted by Crippen LogP contribution is -2.45. The first-order valence-electron chi connectivity index (χ1n) is 5.33. The van der Waals surface area contributed by atoms with Gasteiger partial charge < -0.3 is 9.80 Å². The standard InChI is InChI=1S/C10H16N2O2/c13-9-3-7-12(8-4-9)10(14)11-5-1-2-6-11/h1-8H2. The van der Waals surface area contributed by atoms with Gasteiger partial charge in [0.1, 0.15) is 5.78 Å². The number of rotatable bonds is 0. The molecule has 0 aliphatic carbocycles. The highest BCUT2D eigenvalue weighted by Gasteiger charge is 2.26. The average molecular weight is 196 g/mol. The number of urea groups is 1. The van der Waals surface area contributed by atoms with Gasteiger partial charge in [-0.25, -0.2) is 4.79 Å². The van der Waals surface area contributed by atoms with Crippen molar-refractivity contribution in [1.29, 1.82) is 0 Å². The van der Waals surface area contributed by atoms with E-state index in [2.05, 4.69) is 0 Å². The van der Waals surface area contributed by atoms with Gasteiger partial charge in [0.2, 0.25) is 0 Å². The van der Waals surface area contributed by atoms with Crippen LogP contribution in [0.3, 0.4) is 0 Å². The van der Waals surface area contributed by atoms with Crippen LogP contribution in [0.15, 0.2) is 0 Å². The molecule has 2 aliphatic rings. The van der Waals surface area contributed by atoms with Crippen LogP contribution in [0.4, 0.5) is 4.79 Å². The van der Waals surface area contributed by atoms with Gasteiger partial charge in [0.15, 0.2) is 0 Å². The van der Waals surface area contributed by atoms with Crippen molar-refractivity contribution in [2.24, 2.45) is 0 Å². The summed E-state index contributed by atoms with van der Waals surface area (Å²) in [5, 5.41) is 0. The third kappa shape index (κ3) is 1.89. The zero-order chi connectivity index (χ0) is 9.97. The largest absolute Gasteiger partial charge is 0.325 e. The first-order chi connectivity index (χ1) is 6.77. The summed E-state index contributed by atoms with van der Waals surface area (Å²) in [4.78, 5) is 26.6. The fourth-order valence-electron chi connectivity index (χ4n) is 2.06. The monoisotopic (exact) mass is 196 g/mol. The van der Waals surface area contributed by atoms with E-state index in [4.69, 9.17) is 0 Å². The van der Waals surface area contributed by atoms with Crippen LogP contribution in [0.25, 0.3) is 0 Å². The van der Waals surface area contributed by atoms with Gasteiger partial charge >= 0.3 is 6.03 Å². The van der Waals surface area contributed by atoms with Crippen molar-refractivity contribution < 1.29 is 9.59 Å². The molecule has 2 fully saturated rings. The van der Waals surface area contributed by atoms with E-state index in [1.807, 2.05) is 9.80 Å². The van der Waals surface area contributed by atoms with Gasteiger partial charge in [-0.2, -0.15) is 0 Å². The van der Waals surface area contributed by atoms with Gasteiger partial charge in [-0.15, -0.1) is 0 Å². The number of Topliss-reactive ketones (excluding diaryl/α,β-unsaturated/α-hetero) is 1. The molecule has 4 nitrogen and oxygen atoms in total. The second kappa shape index (κ2) is 3.98. The van der Waals surface area contributed by atoms with Crippen LogP contribution in [0.5, 0.6) is 0 Å². The molecular weight excluding hydrogens is 180 g/mol. The lowest BCUT2D eigenvalue weighted by Gasteiger charge is -2.30. The molecule has 4 heteroatoms. The summed E-state index contributed by atoms with van der Waals surface area (Å²) in [7, 11) is 0. The lowest BCUT2D eigenvalue weighted by atomic mass is 10.1. The normalized spacial score (nSPS) is 23.0. The van der Waals surface area contributed by atoms with E-state index >= 15 is 0 Å². The number of ketones is 1. The topological polar surface area (TPSA) is 40.6 Å². The molecule has 0 aromatic heterocycles. The molecule has 14 heavy (non-hydrogen) atoms. The molecule has 2 heterocycles. The highest BCUT2D eigenvalue weighted by molar-refractivity contribution is 5.82. The maximum Gasteiger partial charge on any atom is 0.320 e. The van der Waals surface area contributed by atoms with Crippen LogP contribution >= 0.6 is 0 Å². The Balaban J connectivity index is 1.88. The summed E-state index contributed by atoms with van der Waals surface area (Å²) in [6.45, 7) is 3.02. The second-order valence-corrected chi connectivity index (χ2v) is 4.00. The second-order valence-electron chi connectivity index (χ2n) is 4.00. The lowest BCUT2D eigenvalue weighted by molar-refractivity contribution is -0.120. The third-order valence-electron chi connectivity index (χ3n) is 2.97. The number of nitrogens with zero attached hydrogens (tertiary/aromatic N) is 2. The van der Waals surface area contributed by atoms with Gasteiger partial charge in [0.05, 0.1) is 0 Å². The molecule has 78 valence electrons. The Morgan fingerprint density at radius 1 is 0.929 bits per heavy atom. The average Bonchev–Trinajstić information content (AvgIpc) is 2.71. The van der Waals surface area contributed by atoms with Crippen molar-refractivity contribution in [3.8, 4) is 0 Å². The van der Waals surface area contributed by atoms with Crippen molar-refractivity contribution in [3.63, 3.8) is 0 Å². The van der Waals surface area contributed by atoms with Crippen LogP contribution in [0, 0.1) is 0 Å². The molecule has 2 amide bonds. The molecule has 0 spiro atoms. The summed E-state index contributed by atoms with van der Waals surface area (Å²) < 4.78 is 0. The molecule has 0 aromatic rings. The molecule has 0 bridgehead atoms. The number of hydrogen-bond acceptors (Lipinski definition) is 2. The molecule has 2 aliphatic heterocycles. The van der Waals surface area contributed by atoms with Crippen LogP contribution in [-0.2, 0) is 4.79 Å². The van der Waals surface area contributed by atoms with E-state index in [9.17, 15) is 9.59 Å². The van der Waals surface area contributed by atoms with Crippen molar-refractivity contribution in [2.75, 3.05) is 26.2 Å². The summed E-state index contributed by atoms with van der Waals surface area (Å²) in [6, 6.07) is 0.134. The first kappa shape index (κ1) is 9.49. The van der Waals surface area contributed by atoms with E-state index in [1.165, 1.54) is 0 Å². The molecule has 0 atom stereocenters. The summed E-state index contributed by atoms with van der Waals surface area (Å²) >= 11 is 0. The molecule has 2 saturated heterocycles. The molecule has 0 unspecified atom stereocenters. The number of piperidine rings is 1. The van der Waals surface area contributed by atoms with Crippen molar-refractivity contribution in [2.45, 2.75) is 25.7 Å². The van der Waals surface area contributed by atoms with Gasteiger partial charge in [-0.1, -0.05) is 0 Å². The van der Waals surface area contributed by atoms with Crippen molar-refractivity contribution >= 4 is 11.8 Å². The minimum Gasteiger partial charge on any atom is -0.325 e. The van der Waals surface area contributed by atoms with Gasteiger partial charge in [0.25, 0.3) is 0 Å². The molecule has 0 aromatic carbocycles. The number of amides is 2. The highest BCUT2D eigenvalue weighted by atomic mass is 16.2. The predicted molar refractivity (Wildman–Crippen MR) is 52.0 cm³/mol. The first-order valence-corrected chi connectivity index (χ1v) is 5.33. The van der Waals surface area contributed by atoms with Gasteiger partial charge in [-0.3, -0.25) is 4.79 Å². The molecule has 0 radical (unpaired) electrons. The zero-order valence-corrected chi connectivity index (χ0v) is 8.37. The SMILES string of the molecule is O=C1CCN(C(=O)N2CCCC2)CC1.